The van der Waals surface area contributed by atoms with Gasteiger partial charge in [-0.1, -0.05) is 0 Å². The summed E-state index contributed by atoms with van der Waals surface area (Å²) in [7, 11) is 0. The van der Waals surface area contributed by atoms with Gasteiger partial charge in [0.05, 0.1) is 6.42 Å². The smallest absolute Gasteiger partial charge is 0.545 e. The van der Waals surface area contributed by atoms with E-state index in [0.717, 1.165) is 0 Å². The van der Waals surface area contributed by atoms with Crippen molar-refractivity contribution in [1.82, 2.24) is 0 Å². The molecular weight excluding hydrogens is 251 g/mol. The van der Waals surface area contributed by atoms with Gasteiger partial charge in [0.15, 0.2) is 0 Å². The molecule has 0 aromatic heterocycles. The van der Waals surface area contributed by atoms with Gasteiger partial charge < -0.3 is 9.59 Å². The van der Waals surface area contributed by atoms with Gasteiger partial charge in [-0.25, -0.2) is 0 Å². The Labute approximate surface area is 84.5 Å². The van der Waals surface area contributed by atoms with Gasteiger partial charge in [-0.2, -0.15) is 0 Å². The summed E-state index contributed by atoms with van der Waals surface area (Å²) >= 11 is 0. The van der Waals surface area contributed by atoms with Gasteiger partial charge in [-0.15, -0.1) is 0 Å². The van der Waals surface area contributed by atoms with E-state index in [0.29, 0.717) is 0 Å². The molecule has 0 aliphatic carbocycles. The minimum Gasteiger partial charge on any atom is -0.545 e. The van der Waals surface area contributed by atoms with Crippen LogP contribution in [0.15, 0.2) is 0 Å². The van der Waals surface area contributed by atoms with Crippen molar-refractivity contribution in [3.05, 3.63) is 0 Å². The van der Waals surface area contributed by atoms with Crippen LogP contribution in [0, 0.1) is 0 Å². The van der Waals surface area contributed by atoms with Gasteiger partial charge in [0.1, 0.15) is 11.6 Å². The molecule has 0 N–H and O–H groups in total. The second kappa shape index (κ2) is 22.4. The van der Waals surface area contributed by atoms with Gasteiger partial charge in [0.2, 0.25) is 0 Å². The van der Waals surface area contributed by atoms with Crippen LogP contribution < -0.4 is 0 Å². The third-order valence-electron chi connectivity index (χ3n) is 0.498. The second-order valence-electron chi connectivity index (χ2n) is 1.58. The summed E-state index contributed by atoms with van der Waals surface area (Å²) in [5.74, 6) is -0.125. The van der Waals surface area contributed by atoms with Crippen LogP contribution in [-0.4, -0.2) is 25.1 Å². The molecule has 5 heteroatoms. The Bertz CT molecular complexity index is 111. The van der Waals surface area contributed by atoms with Crippen LogP contribution in [0.2, 0.25) is 0 Å². The van der Waals surface area contributed by atoms with Crippen LogP contribution in [0.1, 0.15) is 20.3 Å². The summed E-state index contributed by atoms with van der Waals surface area (Å²) < 4.78 is 0. The summed E-state index contributed by atoms with van der Waals surface area (Å²) in [4.78, 5) is 35.6. The quantitative estimate of drug-likeness (QED) is 0.304. The average molecular weight is 261 g/mol. The van der Waals surface area contributed by atoms with Crippen LogP contribution >= 0.6 is 0 Å². The first-order chi connectivity index (χ1) is 5.13. The van der Waals surface area contributed by atoms with E-state index in [1.54, 1.807) is 0 Å². The Morgan fingerprint density at radius 1 is 0.917 bits per heavy atom. The maximum atomic E-state index is 10.0. The van der Waals surface area contributed by atoms with Gasteiger partial charge in [0.25, 0.3) is 0 Å². The number of carbonyl (C=O) groups excluding carboxylic acids is 4. The molecule has 1 radical (unpaired) electrons. The maximum Gasteiger partial charge on any atom is 2.00 e. The van der Waals surface area contributed by atoms with E-state index in [1.807, 2.05) is 0 Å². The van der Waals surface area contributed by atoms with E-state index in [4.69, 9.17) is 9.59 Å². The zero-order valence-electron chi connectivity index (χ0n) is 6.83. The van der Waals surface area contributed by atoms with Crippen molar-refractivity contribution in [2.24, 2.45) is 0 Å². The van der Waals surface area contributed by atoms with Crippen molar-refractivity contribution in [1.29, 1.82) is 0 Å². The second-order valence-corrected chi connectivity index (χ2v) is 1.58. The molecule has 0 heterocycles. The molecule has 0 aromatic carbocycles. The molecule has 0 rings (SSSR count). The molecule has 0 aromatic rings. The molecule has 0 amide bonds. The minimum atomic E-state index is -0.0625. The Morgan fingerprint density at radius 2 is 1.08 bits per heavy atom. The Hall–Kier alpha value is -0.697. The van der Waals surface area contributed by atoms with Crippen molar-refractivity contribution >= 4 is 25.1 Å². The van der Waals surface area contributed by atoms with E-state index < -0.39 is 0 Å². The fourth-order valence-corrected chi connectivity index (χ4v) is 0.351. The summed E-state index contributed by atoms with van der Waals surface area (Å²) in [6.45, 7) is 9.31. The van der Waals surface area contributed by atoms with Crippen molar-refractivity contribution in [2.45, 2.75) is 20.3 Å². The standard InChI is InChI=1S/C5H8O2.2CHO.Rh/c1-4(6)3-5(2)7;2*1-2;/h3H2,1-2H3;2*1H;/q;2*-1;+2. The Balaban J connectivity index is -0.0000000560. The number of rotatable bonds is 2. The van der Waals surface area contributed by atoms with Crippen LogP contribution in [0.3, 0.4) is 0 Å². The maximum absolute atomic E-state index is 10.0. The van der Waals surface area contributed by atoms with Crippen LogP contribution in [0.25, 0.3) is 0 Å². The van der Waals surface area contributed by atoms with Gasteiger partial charge in [0, 0.05) is 0 Å². The molecule has 4 nitrogen and oxygen atoms in total. The zero-order chi connectivity index (χ0) is 9.86. The molecule has 0 aliphatic heterocycles. The number of ketones is 2. The molecule has 0 atom stereocenters. The van der Waals surface area contributed by atoms with Crippen LogP contribution in [0.5, 0.6) is 0 Å². The first-order valence-corrected chi connectivity index (χ1v) is 2.59. The van der Waals surface area contributed by atoms with E-state index in [1.165, 1.54) is 13.8 Å². The molecule has 0 fully saturated rings. The molecule has 0 unspecified atom stereocenters. The van der Waals surface area contributed by atoms with Crippen molar-refractivity contribution < 1.29 is 38.7 Å². The SMILES string of the molecule is CC(=O)CC(C)=O.[CH-]=O.[CH-]=O.[Rh+2]. The normalized spacial score (nSPS) is 5.50. The summed E-state index contributed by atoms with van der Waals surface area (Å²) in [5, 5.41) is 0. The van der Waals surface area contributed by atoms with E-state index in [2.05, 4.69) is 13.6 Å². The van der Waals surface area contributed by atoms with E-state index >= 15 is 0 Å². The average Bonchev–Trinajstić information content (AvgIpc) is 1.93. The predicted octanol–water partition coefficient (Wildman–Crippen LogP) is 0.00380. The third kappa shape index (κ3) is 58.8. The zero-order valence-corrected chi connectivity index (χ0v) is 8.47. The van der Waals surface area contributed by atoms with Crippen molar-refractivity contribution in [2.75, 3.05) is 0 Å². The van der Waals surface area contributed by atoms with Crippen LogP contribution in [-0.2, 0) is 38.7 Å². The largest absolute Gasteiger partial charge is 2.00 e. The van der Waals surface area contributed by atoms with Crippen LogP contribution in [0.4, 0.5) is 0 Å². The molecule has 0 bridgehead atoms. The van der Waals surface area contributed by atoms with E-state index in [-0.39, 0.29) is 37.5 Å². The fourth-order valence-electron chi connectivity index (χ4n) is 0.351. The minimum absolute atomic E-state index is 0. The fraction of sp³-hybridized carbons (Fsp3) is 0.429. The molecule has 12 heavy (non-hydrogen) atoms. The monoisotopic (exact) mass is 261 g/mol. The number of carbonyl (C=O) groups is 2. The number of hydrogen-bond acceptors (Lipinski definition) is 4. The first kappa shape index (κ1) is 22.5. The number of Topliss-reactive ketones (excluding diaryl/α,β-unsaturated/α-hetero) is 2. The van der Waals surface area contributed by atoms with Gasteiger partial charge >= 0.3 is 19.5 Å². The molecule has 71 valence electrons. The molecule has 0 saturated heterocycles. The summed E-state index contributed by atoms with van der Waals surface area (Å²) in [6, 6.07) is 0. The van der Waals surface area contributed by atoms with Crippen molar-refractivity contribution in [3.63, 3.8) is 0 Å². The Kier molecular flexibility index (Phi) is 42.1. The van der Waals surface area contributed by atoms with Crippen molar-refractivity contribution in [3.8, 4) is 0 Å². The topological polar surface area (TPSA) is 68.3 Å². The molecular formula is C7H10O4Rh. The predicted molar refractivity (Wildman–Crippen MR) is 39.5 cm³/mol. The van der Waals surface area contributed by atoms with E-state index in [9.17, 15) is 9.59 Å². The molecule has 0 spiro atoms. The summed E-state index contributed by atoms with van der Waals surface area (Å²) in [6.07, 6.45) is 0.0833. The van der Waals surface area contributed by atoms with Gasteiger partial charge in [-0.3, -0.25) is 23.2 Å². The molecule has 0 aliphatic rings. The molecule has 0 saturated carbocycles. The number of hydrogen-bond donors (Lipinski definition) is 0. The third-order valence-corrected chi connectivity index (χ3v) is 0.498. The first-order valence-electron chi connectivity index (χ1n) is 2.59. The summed E-state index contributed by atoms with van der Waals surface area (Å²) in [5.41, 5.74) is 0. The van der Waals surface area contributed by atoms with Gasteiger partial charge in [-0.05, 0) is 13.8 Å². The Morgan fingerprint density at radius 3 is 1.08 bits per heavy atom.